The van der Waals surface area contributed by atoms with Gasteiger partial charge >= 0.3 is 0 Å². The first-order chi connectivity index (χ1) is 7.33. The number of ether oxygens (including phenoxy) is 1. The Balaban J connectivity index is 1.87. The third-order valence-electron chi connectivity index (χ3n) is 3.03. The van der Waals surface area contributed by atoms with Crippen LogP contribution in [0.25, 0.3) is 0 Å². The topological polar surface area (TPSA) is 21.3 Å². The van der Waals surface area contributed by atoms with Crippen LogP contribution in [0.1, 0.15) is 30.9 Å². The highest BCUT2D eigenvalue weighted by Crippen LogP contribution is 2.36. The zero-order chi connectivity index (χ0) is 10.3. The summed E-state index contributed by atoms with van der Waals surface area (Å²) < 4.78 is 6.76. The molecule has 0 amide bonds. The first-order valence-electron chi connectivity index (χ1n) is 5.51. The van der Waals surface area contributed by atoms with Crippen molar-refractivity contribution < 1.29 is 4.74 Å². The van der Waals surface area contributed by atoms with E-state index >= 15 is 0 Å². The Morgan fingerprint density at radius 2 is 2.13 bits per heavy atom. The fourth-order valence-corrected chi connectivity index (χ4v) is 2.41. The quantitative estimate of drug-likeness (QED) is 0.890. The molecule has 80 valence electrons. The second kappa shape index (κ2) is 3.80. The van der Waals surface area contributed by atoms with Gasteiger partial charge < -0.3 is 10.1 Å². The monoisotopic (exact) mass is 267 g/mol. The summed E-state index contributed by atoms with van der Waals surface area (Å²) in [6.07, 6.45) is 3.76. The van der Waals surface area contributed by atoms with Gasteiger partial charge in [0.25, 0.3) is 0 Å². The normalized spacial score (nSPS) is 24.5. The number of fused-ring (bicyclic) bond motifs is 1. The van der Waals surface area contributed by atoms with Crippen molar-refractivity contribution in [3.05, 3.63) is 28.2 Å². The van der Waals surface area contributed by atoms with Gasteiger partial charge in [0.1, 0.15) is 5.75 Å². The van der Waals surface area contributed by atoms with Gasteiger partial charge in [0.2, 0.25) is 0 Å². The van der Waals surface area contributed by atoms with Gasteiger partial charge in [-0.05, 0) is 25.0 Å². The molecule has 0 radical (unpaired) electrons. The van der Waals surface area contributed by atoms with Crippen molar-refractivity contribution in [2.24, 2.45) is 0 Å². The Morgan fingerprint density at radius 1 is 1.27 bits per heavy atom. The molecule has 1 fully saturated rings. The largest absolute Gasteiger partial charge is 0.493 e. The van der Waals surface area contributed by atoms with Crippen molar-refractivity contribution in [1.82, 2.24) is 5.32 Å². The van der Waals surface area contributed by atoms with E-state index in [0.717, 1.165) is 29.3 Å². The molecule has 1 N–H and O–H groups in total. The first kappa shape index (κ1) is 9.67. The van der Waals surface area contributed by atoms with Gasteiger partial charge in [-0.15, -0.1) is 0 Å². The highest BCUT2D eigenvalue weighted by molar-refractivity contribution is 9.10. The van der Waals surface area contributed by atoms with Gasteiger partial charge in [-0.2, -0.15) is 0 Å². The van der Waals surface area contributed by atoms with Crippen LogP contribution in [-0.4, -0.2) is 12.6 Å². The van der Waals surface area contributed by atoms with Gasteiger partial charge in [-0.25, -0.2) is 0 Å². The minimum atomic E-state index is 0.495. The Labute approximate surface area is 98.1 Å². The summed E-state index contributed by atoms with van der Waals surface area (Å²) in [5.74, 6) is 1.04. The van der Waals surface area contributed by atoms with Crippen LogP contribution in [0.4, 0.5) is 0 Å². The maximum atomic E-state index is 5.67. The number of hydrogen-bond donors (Lipinski definition) is 1. The van der Waals surface area contributed by atoms with E-state index in [4.69, 9.17) is 4.74 Å². The standard InChI is InChI=1S/C12H14BrNO/c13-8-1-4-10-11(14-9-2-3-9)5-6-15-12(10)7-8/h1,4,7,9,11,14H,2-3,5-6H2. The summed E-state index contributed by atoms with van der Waals surface area (Å²) >= 11 is 3.47. The molecular weight excluding hydrogens is 254 g/mol. The van der Waals surface area contributed by atoms with Crippen molar-refractivity contribution >= 4 is 15.9 Å². The Bertz CT molecular complexity index is 376. The second-order valence-corrected chi connectivity index (χ2v) is 5.23. The summed E-state index contributed by atoms with van der Waals surface area (Å²) in [4.78, 5) is 0. The molecule has 0 spiro atoms. The van der Waals surface area contributed by atoms with E-state index in [1.807, 2.05) is 0 Å². The molecule has 1 heterocycles. The van der Waals surface area contributed by atoms with Gasteiger partial charge in [-0.3, -0.25) is 0 Å². The Kier molecular flexibility index (Phi) is 2.45. The minimum Gasteiger partial charge on any atom is -0.493 e. The van der Waals surface area contributed by atoms with Gasteiger partial charge in [0.05, 0.1) is 6.61 Å². The minimum absolute atomic E-state index is 0.495. The van der Waals surface area contributed by atoms with Crippen LogP contribution in [-0.2, 0) is 0 Å². The van der Waals surface area contributed by atoms with Crippen molar-refractivity contribution in [2.75, 3.05) is 6.61 Å². The Hall–Kier alpha value is -0.540. The van der Waals surface area contributed by atoms with Crippen LogP contribution in [0.5, 0.6) is 5.75 Å². The van der Waals surface area contributed by atoms with Crippen LogP contribution in [0.15, 0.2) is 22.7 Å². The van der Waals surface area contributed by atoms with Crippen molar-refractivity contribution in [3.8, 4) is 5.75 Å². The molecule has 1 aliphatic carbocycles. The fourth-order valence-electron chi connectivity index (χ4n) is 2.07. The molecular formula is C12H14BrNO. The smallest absolute Gasteiger partial charge is 0.125 e. The molecule has 1 atom stereocenters. The average molecular weight is 268 g/mol. The number of rotatable bonds is 2. The lowest BCUT2D eigenvalue weighted by atomic mass is 10.0. The maximum Gasteiger partial charge on any atom is 0.125 e. The number of hydrogen-bond acceptors (Lipinski definition) is 2. The summed E-state index contributed by atoms with van der Waals surface area (Å²) in [6, 6.07) is 7.57. The molecule has 1 aromatic rings. The molecule has 1 saturated carbocycles. The van der Waals surface area contributed by atoms with Crippen LogP contribution in [0, 0.1) is 0 Å². The first-order valence-corrected chi connectivity index (χ1v) is 6.30. The van der Waals surface area contributed by atoms with E-state index in [1.54, 1.807) is 0 Å². The summed E-state index contributed by atoms with van der Waals surface area (Å²) in [7, 11) is 0. The van der Waals surface area contributed by atoms with E-state index in [1.165, 1.54) is 18.4 Å². The van der Waals surface area contributed by atoms with Crippen LogP contribution < -0.4 is 10.1 Å². The van der Waals surface area contributed by atoms with Crippen molar-refractivity contribution in [3.63, 3.8) is 0 Å². The predicted octanol–water partition coefficient (Wildman–Crippen LogP) is 3.02. The highest BCUT2D eigenvalue weighted by atomic mass is 79.9. The molecule has 15 heavy (non-hydrogen) atoms. The van der Waals surface area contributed by atoms with E-state index in [2.05, 4.69) is 39.4 Å². The van der Waals surface area contributed by atoms with E-state index in [-0.39, 0.29) is 0 Å². The number of halogens is 1. The molecule has 0 saturated heterocycles. The summed E-state index contributed by atoms with van der Waals surface area (Å²) in [5.41, 5.74) is 1.32. The number of nitrogens with one attached hydrogen (secondary N) is 1. The molecule has 0 aromatic heterocycles. The summed E-state index contributed by atoms with van der Waals surface area (Å²) in [6.45, 7) is 0.827. The lowest BCUT2D eigenvalue weighted by Gasteiger charge is -2.27. The third kappa shape index (κ3) is 2.04. The van der Waals surface area contributed by atoms with Crippen LogP contribution in [0.2, 0.25) is 0 Å². The average Bonchev–Trinajstić information content (AvgIpc) is 3.01. The lowest BCUT2D eigenvalue weighted by Crippen LogP contribution is -2.28. The van der Waals surface area contributed by atoms with Crippen molar-refractivity contribution in [1.29, 1.82) is 0 Å². The SMILES string of the molecule is Brc1ccc2c(c1)OCCC2NC1CC1. The fraction of sp³-hybridized carbons (Fsp3) is 0.500. The van der Waals surface area contributed by atoms with Crippen LogP contribution >= 0.6 is 15.9 Å². The van der Waals surface area contributed by atoms with Gasteiger partial charge in [0, 0.05) is 28.5 Å². The maximum absolute atomic E-state index is 5.67. The zero-order valence-electron chi connectivity index (χ0n) is 8.50. The third-order valence-corrected chi connectivity index (χ3v) is 3.52. The predicted molar refractivity (Wildman–Crippen MR) is 63.2 cm³/mol. The lowest BCUT2D eigenvalue weighted by molar-refractivity contribution is 0.252. The molecule has 0 bridgehead atoms. The molecule has 3 rings (SSSR count). The molecule has 2 aliphatic rings. The molecule has 1 unspecified atom stereocenters. The molecule has 3 heteroatoms. The van der Waals surface area contributed by atoms with E-state index < -0.39 is 0 Å². The molecule has 1 aromatic carbocycles. The van der Waals surface area contributed by atoms with Gasteiger partial charge in [-0.1, -0.05) is 22.0 Å². The molecule has 2 nitrogen and oxygen atoms in total. The number of benzene rings is 1. The van der Waals surface area contributed by atoms with Gasteiger partial charge in [0.15, 0.2) is 0 Å². The zero-order valence-corrected chi connectivity index (χ0v) is 10.1. The van der Waals surface area contributed by atoms with Crippen molar-refractivity contribution in [2.45, 2.75) is 31.3 Å². The second-order valence-electron chi connectivity index (χ2n) is 4.31. The molecule has 1 aliphatic heterocycles. The van der Waals surface area contributed by atoms with E-state index in [0.29, 0.717) is 6.04 Å². The van der Waals surface area contributed by atoms with Crippen LogP contribution in [0.3, 0.4) is 0 Å². The summed E-state index contributed by atoms with van der Waals surface area (Å²) in [5, 5.41) is 3.67. The Morgan fingerprint density at radius 3 is 2.93 bits per heavy atom. The highest BCUT2D eigenvalue weighted by Gasteiger charge is 2.28. The van der Waals surface area contributed by atoms with E-state index in [9.17, 15) is 0 Å².